The SMILES string of the molecule is CCOC(=O)CNc1cnc2cc(OC)c(F)cc2c1NCc1c(F)cc(SCc2ccccc2)cc1F. The van der Waals surface area contributed by atoms with E-state index in [-0.39, 0.29) is 31.0 Å². The van der Waals surface area contributed by atoms with Crippen LogP contribution < -0.4 is 15.4 Å². The number of halogens is 3. The highest BCUT2D eigenvalue weighted by molar-refractivity contribution is 7.98. The second-order valence-corrected chi connectivity index (χ2v) is 9.25. The number of rotatable bonds is 11. The summed E-state index contributed by atoms with van der Waals surface area (Å²) >= 11 is 1.33. The third kappa shape index (κ3) is 6.49. The van der Waals surface area contributed by atoms with Crippen LogP contribution in [0.1, 0.15) is 18.1 Å². The number of hydrogen-bond donors (Lipinski definition) is 2. The molecule has 3 aromatic carbocycles. The van der Waals surface area contributed by atoms with Gasteiger partial charge >= 0.3 is 5.97 Å². The van der Waals surface area contributed by atoms with Gasteiger partial charge < -0.3 is 20.1 Å². The molecule has 0 unspecified atom stereocenters. The van der Waals surface area contributed by atoms with Crippen molar-refractivity contribution in [2.75, 3.05) is 30.9 Å². The summed E-state index contributed by atoms with van der Waals surface area (Å²) in [6, 6.07) is 14.8. The van der Waals surface area contributed by atoms with Gasteiger partial charge in [-0.1, -0.05) is 30.3 Å². The topological polar surface area (TPSA) is 72.5 Å². The first kappa shape index (κ1) is 27.1. The van der Waals surface area contributed by atoms with Crippen molar-refractivity contribution in [1.82, 2.24) is 4.98 Å². The van der Waals surface area contributed by atoms with Crippen molar-refractivity contribution in [2.45, 2.75) is 24.1 Å². The van der Waals surface area contributed by atoms with Crippen LogP contribution in [0, 0.1) is 17.5 Å². The van der Waals surface area contributed by atoms with E-state index in [9.17, 15) is 18.0 Å². The monoisotopic (exact) mass is 541 g/mol. The summed E-state index contributed by atoms with van der Waals surface area (Å²) in [6.45, 7) is 1.49. The van der Waals surface area contributed by atoms with Gasteiger partial charge in [-0.2, -0.15) is 0 Å². The Kier molecular flexibility index (Phi) is 8.96. The molecular weight excluding hydrogens is 515 g/mol. The number of aromatic nitrogens is 1. The maximum absolute atomic E-state index is 15.0. The van der Waals surface area contributed by atoms with E-state index in [1.165, 1.54) is 49.3 Å². The lowest BCUT2D eigenvalue weighted by atomic mass is 10.1. The normalized spacial score (nSPS) is 10.9. The van der Waals surface area contributed by atoms with E-state index in [0.717, 1.165) is 5.56 Å². The third-order valence-corrected chi connectivity index (χ3v) is 6.72. The molecule has 0 amide bonds. The molecule has 4 aromatic rings. The van der Waals surface area contributed by atoms with E-state index in [1.807, 2.05) is 30.3 Å². The first-order valence-electron chi connectivity index (χ1n) is 11.8. The van der Waals surface area contributed by atoms with Gasteiger partial charge in [-0.15, -0.1) is 11.8 Å². The predicted molar refractivity (Wildman–Crippen MR) is 143 cm³/mol. The fourth-order valence-electron chi connectivity index (χ4n) is 3.80. The van der Waals surface area contributed by atoms with Crippen molar-refractivity contribution < 1.29 is 27.4 Å². The van der Waals surface area contributed by atoms with Crippen LogP contribution in [0.25, 0.3) is 10.9 Å². The average molecular weight is 542 g/mol. The first-order valence-corrected chi connectivity index (χ1v) is 12.8. The van der Waals surface area contributed by atoms with Crippen LogP contribution in [-0.4, -0.2) is 31.2 Å². The maximum atomic E-state index is 15.0. The molecule has 2 N–H and O–H groups in total. The molecule has 0 saturated carbocycles. The molecule has 1 heterocycles. The lowest BCUT2D eigenvalue weighted by Gasteiger charge is -2.17. The van der Waals surface area contributed by atoms with Crippen molar-refractivity contribution in [3.05, 3.63) is 89.4 Å². The van der Waals surface area contributed by atoms with E-state index >= 15 is 0 Å². The lowest BCUT2D eigenvalue weighted by Crippen LogP contribution is -2.18. The summed E-state index contributed by atoms with van der Waals surface area (Å²) in [4.78, 5) is 16.6. The summed E-state index contributed by atoms with van der Waals surface area (Å²) in [5, 5.41) is 6.24. The van der Waals surface area contributed by atoms with Gasteiger partial charge in [-0.3, -0.25) is 9.78 Å². The third-order valence-electron chi connectivity index (χ3n) is 5.67. The van der Waals surface area contributed by atoms with E-state index in [1.54, 1.807) is 6.92 Å². The Hall–Kier alpha value is -3.92. The van der Waals surface area contributed by atoms with E-state index in [2.05, 4.69) is 15.6 Å². The van der Waals surface area contributed by atoms with Gasteiger partial charge in [0.25, 0.3) is 0 Å². The van der Waals surface area contributed by atoms with Crippen LogP contribution >= 0.6 is 11.8 Å². The Balaban J connectivity index is 1.59. The average Bonchev–Trinajstić information content (AvgIpc) is 2.91. The van der Waals surface area contributed by atoms with Gasteiger partial charge in [-0.25, -0.2) is 13.2 Å². The zero-order valence-corrected chi connectivity index (χ0v) is 21.6. The largest absolute Gasteiger partial charge is 0.494 e. The molecule has 38 heavy (non-hydrogen) atoms. The number of anilines is 2. The van der Waals surface area contributed by atoms with E-state index < -0.39 is 23.4 Å². The highest BCUT2D eigenvalue weighted by Crippen LogP contribution is 2.35. The standard InChI is InChI=1S/C28H26F3N3O3S/c1-3-37-27(35)15-33-25-14-32-24-12-26(36-2)23(31)11-19(24)28(25)34-13-20-21(29)9-18(10-22(20)30)38-16-17-7-5-4-6-8-17/h4-12,14,33H,3,13,15-16H2,1-2H3,(H,32,34). The molecule has 0 aliphatic heterocycles. The van der Waals surface area contributed by atoms with E-state index in [0.29, 0.717) is 32.9 Å². The molecule has 6 nitrogen and oxygen atoms in total. The molecule has 0 spiro atoms. The number of ether oxygens (including phenoxy) is 2. The number of nitrogens with one attached hydrogen (secondary N) is 2. The second kappa shape index (κ2) is 12.6. The van der Waals surface area contributed by atoms with Crippen LogP contribution in [0.4, 0.5) is 24.5 Å². The molecule has 0 fully saturated rings. The van der Waals surface area contributed by atoms with Crippen LogP contribution in [0.5, 0.6) is 5.75 Å². The minimum absolute atomic E-state index is 0.00358. The van der Waals surface area contributed by atoms with Crippen molar-refractivity contribution in [1.29, 1.82) is 0 Å². The van der Waals surface area contributed by atoms with Gasteiger partial charge in [0.05, 0.1) is 36.8 Å². The quantitative estimate of drug-likeness (QED) is 0.165. The predicted octanol–water partition coefficient (Wildman–Crippen LogP) is 6.54. The molecule has 0 saturated heterocycles. The summed E-state index contributed by atoms with van der Waals surface area (Å²) in [6.07, 6.45) is 1.44. The van der Waals surface area contributed by atoms with Gasteiger partial charge in [0.1, 0.15) is 18.2 Å². The van der Waals surface area contributed by atoms with Gasteiger partial charge in [0, 0.05) is 34.2 Å². The number of fused-ring (bicyclic) bond motifs is 1. The minimum atomic E-state index is -0.708. The van der Waals surface area contributed by atoms with Crippen LogP contribution in [0.3, 0.4) is 0 Å². The first-order chi connectivity index (χ1) is 18.4. The molecular formula is C28H26F3N3O3S. The molecule has 0 aliphatic rings. The van der Waals surface area contributed by atoms with Crippen molar-refractivity contribution in [3.63, 3.8) is 0 Å². The second-order valence-electron chi connectivity index (χ2n) is 8.20. The minimum Gasteiger partial charge on any atom is -0.494 e. The number of pyridine rings is 1. The smallest absolute Gasteiger partial charge is 0.325 e. The van der Waals surface area contributed by atoms with Crippen molar-refractivity contribution >= 4 is 40.0 Å². The highest BCUT2D eigenvalue weighted by atomic mass is 32.2. The number of benzene rings is 3. The Labute approximate surface area is 222 Å². The molecule has 198 valence electrons. The molecule has 0 bridgehead atoms. The Morgan fingerprint density at radius 2 is 1.74 bits per heavy atom. The molecule has 0 atom stereocenters. The number of thioether (sulfide) groups is 1. The molecule has 0 aliphatic carbocycles. The number of nitrogens with zero attached hydrogens (tertiary/aromatic N) is 1. The van der Waals surface area contributed by atoms with Gasteiger partial charge in [-0.05, 0) is 30.7 Å². The Morgan fingerprint density at radius 3 is 2.42 bits per heavy atom. The fraction of sp³-hybridized carbons (Fsp3) is 0.214. The molecule has 1 aromatic heterocycles. The molecule has 10 heteroatoms. The number of methoxy groups -OCH3 is 1. The van der Waals surface area contributed by atoms with Crippen molar-refractivity contribution in [2.24, 2.45) is 0 Å². The summed E-state index contributed by atoms with van der Waals surface area (Å²) in [5.74, 6) is -1.97. The number of hydrogen-bond acceptors (Lipinski definition) is 7. The Morgan fingerprint density at radius 1 is 1.00 bits per heavy atom. The number of carbonyl (C=O) groups is 1. The zero-order valence-electron chi connectivity index (χ0n) is 20.8. The van der Waals surface area contributed by atoms with E-state index in [4.69, 9.17) is 9.47 Å². The van der Waals surface area contributed by atoms with Crippen LogP contribution in [-0.2, 0) is 21.8 Å². The fourth-order valence-corrected chi connectivity index (χ4v) is 4.70. The van der Waals surface area contributed by atoms with Crippen LogP contribution in [0.15, 0.2) is 65.7 Å². The number of carbonyl (C=O) groups excluding carboxylic acids is 1. The Bertz CT molecular complexity index is 1410. The zero-order chi connectivity index (χ0) is 27.1. The van der Waals surface area contributed by atoms with Crippen LogP contribution in [0.2, 0.25) is 0 Å². The molecule has 4 rings (SSSR count). The highest BCUT2D eigenvalue weighted by Gasteiger charge is 2.17. The van der Waals surface area contributed by atoms with Gasteiger partial charge in [0.15, 0.2) is 11.6 Å². The summed E-state index contributed by atoms with van der Waals surface area (Å²) < 4.78 is 54.5. The number of esters is 1. The maximum Gasteiger partial charge on any atom is 0.325 e. The lowest BCUT2D eigenvalue weighted by molar-refractivity contribution is -0.140. The summed E-state index contributed by atoms with van der Waals surface area (Å²) in [5.41, 5.74) is 1.92. The van der Waals surface area contributed by atoms with Crippen molar-refractivity contribution in [3.8, 4) is 5.75 Å². The summed E-state index contributed by atoms with van der Waals surface area (Å²) in [7, 11) is 1.34. The van der Waals surface area contributed by atoms with Gasteiger partial charge in [0.2, 0.25) is 0 Å². The molecule has 0 radical (unpaired) electrons.